The Kier molecular flexibility index (Phi) is 6.50. The molecule has 0 bridgehead atoms. The molecular weight excluding hydrogens is 404 g/mol. The first-order chi connectivity index (χ1) is 14.3. The van der Waals surface area contributed by atoms with E-state index >= 15 is 0 Å². The molecule has 0 saturated heterocycles. The minimum atomic E-state index is -0.761. The van der Waals surface area contributed by atoms with Crippen molar-refractivity contribution < 1.29 is 14.3 Å². The highest BCUT2D eigenvalue weighted by molar-refractivity contribution is 7.15. The molecule has 0 aliphatic rings. The number of thiazole rings is 1. The smallest absolute Gasteiger partial charge is 0.349 e. The van der Waals surface area contributed by atoms with Crippen molar-refractivity contribution in [2.45, 2.75) is 33.9 Å². The van der Waals surface area contributed by atoms with Crippen LogP contribution in [0.5, 0.6) is 0 Å². The molecule has 3 aromatic heterocycles. The highest BCUT2D eigenvalue weighted by Crippen LogP contribution is 2.19. The molecule has 0 saturated carbocycles. The standard InChI is InChI=1S/C21H22N4O4S/c1-13-7-16(15(3)24(13)5-6-28-4)8-17(10-22)20(27)29-11-18-9-19(26)25-14(2)12-30-21(25)23-18/h7-9,12H,5-6,11H2,1-4H3/b17-8+. The summed E-state index contributed by atoms with van der Waals surface area (Å²) in [4.78, 5) is 29.5. The van der Waals surface area contributed by atoms with Crippen LogP contribution in [-0.4, -0.2) is 33.6 Å². The van der Waals surface area contributed by atoms with Crippen molar-refractivity contribution >= 4 is 28.3 Å². The van der Waals surface area contributed by atoms with Crippen LogP contribution in [0, 0.1) is 32.1 Å². The molecule has 3 aromatic rings. The molecule has 0 amide bonds. The molecule has 8 nitrogen and oxygen atoms in total. The van der Waals surface area contributed by atoms with Gasteiger partial charge >= 0.3 is 5.97 Å². The third kappa shape index (κ3) is 4.35. The van der Waals surface area contributed by atoms with Crippen molar-refractivity contribution in [3.8, 4) is 6.07 Å². The van der Waals surface area contributed by atoms with E-state index in [2.05, 4.69) is 9.55 Å². The second-order valence-corrected chi connectivity index (χ2v) is 7.63. The van der Waals surface area contributed by atoms with E-state index in [4.69, 9.17) is 9.47 Å². The second-order valence-electron chi connectivity index (χ2n) is 6.80. The number of methoxy groups -OCH3 is 1. The lowest BCUT2D eigenvalue weighted by atomic mass is 10.1. The first kappa shape index (κ1) is 21.5. The van der Waals surface area contributed by atoms with Crippen LogP contribution in [0.4, 0.5) is 0 Å². The molecule has 0 unspecified atom stereocenters. The van der Waals surface area contributed by atoms with Gasteiger partial charge in [0.05, 0.1) is 12.3 Å². The Morgan fingerprint density at radius 3 is 2.77 bits per heavy atom. The predicted octanol–water partition coefficient (Wildman–Crippen LogP) is 2.78. The van der Waals surface area contributed by atoms with Crippen molar-refractivity contribution in [2.75, 3.05) is 13.7 Å². The average molecular weight is 426 g/mol. The van der Waals surface area contributed by atoms with E-state index in [9.17, 15) is 14.9 Å². The number of esters is 1. The predicted molar refractivity (Wildman–Crippen MR) is 113 cm³/mol. The number of hydrogen-bond acceptors (Lipinski definition) is 7. The monoisotopic (exact) mass is 426 g/mol. The van der Waals surface area contributed by atoms with Crippen molar-refractivity contribution in [2.24, 2.45) is 0 Å². The van der Waals surface area contributed by atoms with Gasteiger partial charge in [-0.3, -0.25) is 9.20 Å². The minimum absolute atomic E-state index is 0.119. The maximum absolute atomic E-state index is 12.4. The van der Waals surface area contributed by atoms with E-state index in [1.807, 2.05) is 38.3 Å². The van der Waals surface area contributed by atoms with E-state index in [-0.39, 0.29) is 17.7 Å². The lowest BCUT2D eigenvalue weighted by Crippen LogP contribution is -2.16. The Balaban J connectivity index is 1.77. The van der Waals surface area contributed by atoms with Gasteiger partial charge in [0.25, 0.3) is 5.56 Å². The van der Waals surface area contributed by atoms with Crippen LogP contribution in [-0.2, 0) is 27.4 Å². The summed E-state index contributed by atoms with van der Waals surface area (Å²) in [7, 11) is 1.64. The lowest BCUT2D eigenvalue weighted by molar-refractivity contribution is -0.139. The molecule has 3 heterocycles. The minimum Gasteiger partial charge on any atom is -0.455 e. The van der Waals surface area contributed by atoms with Gasteiger partial charge in [-0.1, -0.05) is 0 Å². The van der Waals surface area contributed by atoms with Crippen LogP contribution in [0.15, 0.2) is 27.9 Å². The number of carbonyl (C=O) groups excluding carboxylic acids is 1. The Morgan fingerprint density at radius 1 is 1.30 bits per heavy atom. The maximum atomic E-state index is 12.4. The summed E-state index contributed by atoms with van der Waals surface area (Å²) in [5.41, 5.74) is 3.49. The Labute approximate surface area is 177 Å². The number of aromatic nitrogens is 3. The van der Waals surface area contributed by atoms with Gasteiger partial charge in [-0.15, -0.1) is 11.3 Å². The van der Waals surface area contributed by atoms with Gasteiger partial charge in [-0.25, -0.2) is 9.78 Å². The van der Waals surface area contributed by atoms with Gasteiger partial charge in [0.1, 0.15) is 18.2 Å². The van der Waals surface area contributed by atoms with E-state index < -0.39 is 5.97 Å². The molecule has 0 aliphatic heterocycles. The Hall–Kier alpha value is -3.22. The van der Waals surface area contributed by atoms with Crippen molar-refractivity contribution in [1.29, 1.82) is 5.26 Å². The molecule has 0 N–H and O–H groups in total. The van der Waals surface area contributed by atoms with Crippen molar-refractivity contribution in [3.05, 3.63) is 61.8 Å². The maximum Gasteiger partial charge on any atom is 0.349 e. The third-order valence-electron chi connectivity index (χ3n) is 4.75. The molecule has 0 aromatic carbocycles. The van der Waals surface area contributed by atoms with Crippen LogP contribution in [0.1, 0.15) is 28.3 Å². The number of carbonyl (C=O) groups is 1. The molecule has 9 heteroatoms. The molecule has 156 valence electrons. The zero-order chi connectivity index (χ0) is 21.8. The zero-order valence-electron chi connectivity index (χ0n) is 17.3. The van der Waals surface area contributed by atoms with Gasteiger partial charge < -0.3 is 14.0 Å². The fourth-order valence-corrected chi connectivity index (χ4v) is 4.08. The molecule has 0 spiro atoms. The molecule has 0 atom stereocenters. The number of fused-ring (bicyclic) bond motifs is 1. The summed E-state index contributed by atoms with van der Waals surface area (Å²) in [5.74, 6) is -0.761. The quantitative estimate of drug-likeness (QED) is 0.327. The van der Waals surface area contributed by atoms with Gasteiger partial charge in [-0.2, -0.15) is 5.26 Å². The average Bonchev–Trinajstić information content (AvgIpc) is 3.22. The number of nitriles is 1. The number of nitrogens with zero attached hydrogens (tertiary/aromatic N) is 4. The fourth-order valence-electron chi connectivity index (χ4n) is 3.18. The first-order valence-corrected chi connectivity index (χ1v) is 10.1. The highest BCUT2D eigenvalue weighted by atomic mass is 32.1. The van der Waals surface area contributed by atoms with E-state index in [1.54, 1.807) is 7.11 Å². The summed E-state index contributed by atoms with van der Waals surface area (Å²) in [6.45, 7) is 6.76. The molecule has 30 heavy (non-hydrogen) atoms. The van der Waals surface area contributed by atoms with Crippen LogP contribution in [0.2, 0.25) is 0 Å². The van der Waals surface area contributed by atoms with E-state index in [0.29, 0.717) is 23.8 Å². The fraction of sp³-hybridized carbons (Fsp3) is 0.333. The van der Waals surface area contributed by atoms with Crippen molar-refractivity contribution in [3.63, 3.8) is 0 Å². The summed E-state index contributed by atoms with van der Waals surface area (Å²) < 4.78 is 13.9. The first-order valence-electron chi connectivity index (χ1n) is 9.27. The largest absolute Gasteiger partial charge is 0.455 e. The zero-order valence-corrected chi connectivity index (χ0v) is 18.1. The summed E-state index contributed by atoms with van der Waals surface area (Å²) in [6.07, 6.45) is 1.52. The number of aryl methyl sites for hydroxylation is 2. The van der Waals surface area contributed by atoms with E-state index in [1.165, 1.54) is 27.9 Å². The summed E-state index contributed by atoms with van der Waals surface area (Å²) in [5, 5.41) is 11.3. The highest BCUT2D eigenvalue weighted by Gasteiger charge is 2.15. The number of hydrogen-bond donors (Lipinski definition) is 0. The molecule has 0 aliphatic carbocycles. The second kappa shape index (κ2) is 9.07. The summed E-state index contributed by atoms with van der Waals surface area (Å²) in [6, 6.07) is 5.14. The van der Waals surface area contributed by atoms with Gasteiger partial charge in [0.15, 0.2) is 4.96 Å². The molecule has 0 radical (unpaired) electrons. The van der Waals surface area contributed by atoms with E-state index in [0.717, 1.165) is 22.6 Å². The Bertz CT molecular complexity index is 1230. The van der Waals surface area contributed by atoms with Gasteiger partial charge in [0.2, 0.25) is 0 Å². The lowest BCUT2D eigenvalue weighted by Gasteiger charge is -2.08. The van der Waals surface area contributed by atoms with Crippen LogP contribution >= 0.6 is 11.3 Å². The molecular formula is C21H22N4O4S. The number of rotatable bonds is 7. The van der Waals surface area contributed by atoms with Crippen LogP contribution < -0.4 is 5.56 Å². The topological polar surface area (TPSA) is 98.6 Å². The van der Waals surface area contributed by atoms with Crippen LogP contribution in [0.3, 0.4) is 0 Å². The molecule has 3 rings (SSSR count). The van der Waals surface area contributed by atoms with Gasteiger partial charge in [0, 0.05) is 42.2 Å². The SMILES string of the molecule is COCCn1c(C)cc(/C=C(\C#N)C(=O)OCc2cc(=O)n3c(C)csc3n2)c1C. The summed E-state index contributed by atoms with van der Waals surface area (Å²) >= 11 is 1.34. The third-order valence-corrected chi connectivity index (χ3v) is 5.70. The Morgan fingerprint density at radius 2 is 2.07 bits per heavy atom. The number of ether oxygens (including phenoxy) is 2. The van der Waals surface area contributed by atoms with Gasteiger partial charge in [-0.05, 0) is 38.5 Å². The molecule has 0 fully saturated rings. The van der Waals surface area contributed by atoms with Crippen molar-refractivity contribution in [1.82, 2.24) is 14.0 Å². The van der Waals surface area contributed by atoms with Crippen LogP contribution in [0.25, 0.3) is 11.0 Å². The normalized spacial score (nSPS) is 11.6.